The quantitative estimate of drug-likeness (QED) is 0.741. The number of carbonyl (C=O) groups excluding carboxylic acids is 1. The van der Waals surface area contributed by atoms with Gasteiger partial charge in [0.05, 0.1) is 5.41 Å². The summed E-state index contributed by atoms with van der Waals surface area (Å²) in [5.74, 6) is 0.215. The molecule has 1 amide bonds. The van der Waals surface area contributed by atoms with Crippen molar-refractivity contribution in [3.63, 3.8) is 0 Å². The molecule has 0 radical (unpaired) electrons. The zero-order chi connectivity index (χ0) is 13.0. The topological polar surface area (TPSA) is 58.4 Å². The van der Waals surface area contributed by atoms with Gasteiger partial charge in [0, 0.05) is 19.1 Å². The van der Waals surface area contributed by atoms with E-state index >= 15 is 0 Å². The predicted molar refractivity (Wildman–Crippen MR) is 73.2 cm³/mol. The van der Waals surface area contributed by atoms with E-state index < -0.39 is 0 Å². The van der Waals surface area contributed by atoms with Crippen molar-refractivity contribution in [2.24, 2.45) is 11.1 Å². The van der Waals surface area contributed by atoms with E-state index in [1.807, 2.05) is 0 Å². The normalized spacial score (nSPS) is 28.9. The van der Waals surface area contributed by atoms with E-state index in [4.69, 9.17) is 5.73 Å². The number of carbonyl (C=O) groups is 1. The van der Waals surface area contributed by atoms with Crippen LogP contribution >= 0.6 is 0 Å². The van der Waals surface area contributed by atoms with Crippen molar-refractivity contribution in [3.05, 3.63) is 0 Å². The molecule has 1 saturated carbocycles. The van der Waals surface area contributed by atoms with Gasteiger partial charge in [-0.15, -0.1) is 0 Å². The minimum atomic E-state index is -0.280. The van der Waals surface area contributed by atoms with Crippen LogP contribution in [0, 0.1) is 5.41 Å². The highest BCUT2D eigenvalue weighted by Gasteiger charge is 2.38. The average molecular weight is 253 g/mol. The van der Waals surface area contributed by atoms with Crippen LogP contribution in [0.5, 0.6) is 0 Å². The van der Waals surface area contributed by atoms with Crippen molar-refractivity contribution >= 4 is 5.91 Å². The van der Waals surface area contributed by atoms with E-state index in [9.17, 15) is 4.79 Å². The van der Waals surface area contributed by atoms with Crippen molar-refractivity contribution in [2.75, 3.05) is 26.7 Å². The van der Waals surface area contributed by atoms with Gasteiger partial charge in [-0.1, -0.05) is 25.7 Å². The second-order valence-corrected chi connectivity index (χ2v) is 6.12. The molecule has 1 saturated heterocycles. The molecule has 2 aliphatic rings. The van der Waals surface area contributed by atoms with Crippen molar-refractivity contribution < 1.29 is 4.79 Å². The van der Waals surface area contributed by atoms with Crippen molar-refractivity contribution in [2.45, 2.75) is 51.0 Å². The molecule has 4 heteroatoms. The molecular weight excluding hydrogens is 226 g/mol. The van der Waals surface area contributed by atoms with Crippen LogP contribution in [0.15, 0.2) is 0 Å². The van der Waals surface area contributed by atoms with Crippen LogP contribution in [0.3, 0.4) is 0 Å². The summed E-state index contributed by atoms with van der Waals surface area (Å²) >= 11 is 0. The molecule has 0 bridgehead atoms. The maximum Gasteiger partial charge on any atom is 0.227 e. The molecular formula is C14H27N3O. The molecule has 0 aromatic carbocycles. The number of likely N-dealkylation sites (N-methyl/N-ethyl adjacent to an activating group) is 1. The number of amides is 1. The Morgan fingerprint density at radius 1 is 1.33 bits per heavy atom. The van der Waals surface area contributed by atoms with Gasteiger partial charge in [-0.3, -0.25) is 4.79 Å². The second-order valence-electron chi connectivity index (χ2n) is 6.12. The molecule has 18 heavy (non-hydrogen) atoms. The summed E-state index contributed by atoms with van der Waals surface area (Å²) in [6.07, 6.45) is 7.81. The number of rotatable bonds is 3. The number of nitrogens with one attached hydrogen (secondary N) is 1. The summed E-state index contributed by atoms with van der Waals surface area (Å²) in [4.78, 5) is 14.8. The van der Waals surface area contributed by atoms with Gasteiger partial charge in [0.2, 0.25) is 5.91 Å². The monoisotopic (exact) mass is 253 g/mol. The van der Waals surface area contributed by atoms with Crippen molar-refractivity contribution in [3.8, 4) is 0 Å². The molecule has 0 aromatic heterocycles. The minimum Gasteiger partial charge on any atom is -0.352 e. The Labute approximate surface area is 110 Å². The predicted octanol–water partition coefficient (Wildman–Crippen LogP) is 1.11. The number of likely N-dealkylation sites (tertiary alicyclic amines) is 1. The van der Waals surface area contributed by atoms with Gasteiger partial charge in [0.15, 0.2) is 0 Å². The number of hydrogen-bond donors (Lipinski definition) is 2. The molecule has 104 valence electrons. The van der Waals surface area contributed by atoms with E-state index in [0.29, 0.717) is 12.6 Å². The smallest absolute Gasteiger partial charge is 0.227 e. The fourth-order valence-electron chi connectivity index (χ4n) is 3.32. The van der Waals surface area contributed by atoms with Crippen LogP contribution in [0.25, 0.3) is 0 Å². The van der Waals surface area contributed by atoms with Crippen LogP contribution in [0.2, 0.25) is 0 Å². The third-order valence-electron chi connectivity index (χ3n) is 4.66. The average Bonchev–Trinajstić information content (AvgIpc) is 2.65. The summed E-state index contributed by atoms with van der Waals surface area (Å²) in [6.45, 7) is 2.56. The van der Waals surface area contributed by atoms with Gasteiger partial charge in [0.25, 0.3) is 0 Å². The number of nitrogens with zero attached hydrogens (tertiary/aromatic N) is 1. The Bertz CT molecular complexity index is 285. The first-order valence-corrected chi connectivity index (χ1v) is 7.36. The van der Waals surface area contributed by atoms with Gasteiger partial charge in [-0.05, 0) is 32.9 Å². The maximum absolute atomic E-state index is 12.6. The first-order valence-electron chi connectivity index (χ1n) is 7.36. The van der Waals surface area contributed by atoms with Gasteiger partial charge in [-0.2, -0.15) is 0 Å². The summed E-state index contributed by atoms with van der Waals surface area (Å²) in [7, 11) is 2.11. The fourth-order valence-corrected chi connectivity index (χ4v) is 3.32. The highest BCUT2D eigenvalue weighted by Crippen LogP contribution is 2.34. The molecule has 2 rings (SSSR count). The van der Waals surface area contributed by atoms with Gasteiger partial charge < -0.3 is 16.0 Å². The third-order valence-corrected chi connectivity index (χ3v) is 4.66. The number of hydrogen-bond acceptors (Lipinski definition) is 3. The van der Waals surface area contributed by atoms with E-state index in [-0.39, 0.29) is 11.3 Å². The lowest BCUT2D eigenvalue weighted by molar-refractivity contribution is -0.132. The SMILES string of the molecule is CN1CCC(NC(=O)C2(CN)CCCCCC2)C1. The van der Waals surface area contributed by atoms with E-state index in [2.05, 4.69) is 17.3 Å². The number of nitrogens with two attached hydrogens (primary N) is 1. The van der Waals surface area contributed by atoms with Crippen LogP contribution in [-0.2, 0) is 4.79 Å². The standard InChI is InChI=1S/C14H27N3O/c1-17-9-6-12(10-17)16-13(18)14(11-15)7-4-2-3-5-8-14/h12H,2-11,15H2,1H3,(H,16,18). The zero-order valence-electron chi connectivity index (χ0n) is 11.6. The Balaban J connectivity index is 1.95. The van der Waals surface area contributed by atoms with Gasteiger partial charge >= 0.3 is 0 Å². The molecule has 1 atom stereocenters. The molecule has 0 aromatic rings. The van der Waals surface area contributed by atoms with Crippen molar-refractivity contribution in [1.29, 1.82) is 0 Å². The highest BCUT2D eigenvalue weighted by molar-refractivity contribution is 5.83. The van der Waals surface area contributed by atoms with Crippen LogP contribution in [0.1, 0.15) is 44.9 Å². The van der Waals surface area contributed by atoms with Crippen LogP contribution in [-0.4, -0.2) is 43.5 Å². The van der Waals surface area contributed by atoms with Crippen LogP contribution in [0.4, 0.5) is 0 Å². The maximum atomic E-state index is 12.6. The first-order chi connectivity index (χ1) is 8.66. The van der Waals surface area contributed by atoms with Gasteiger partial charge in [-0.25, -0.2) is 0 Å². The molecule has 1 aliphatic heterocycles. The largest absolute Gasteiger partial charge is 0.352 e. The first kappa shape index (κ1) is 13.8. The lowest BCUT2D eigenvalue weighted by atomic mass is 9.79. The molecule has 4 nitrogen and oxygen atoms in total. The molecule has 1 heterocycles. The lowest BCUT2D eigenvalue weighted by Crippen LogP contribution is -2.49. The Kier molecular flexibility index (Phi) is 4.62. The molecule has 3 N–H and O–H groups in total. The zero-order valence-corrected chi connectivity index (χ0v) is 11.6. The molecule has 1 unspecified atom stereocenters. The summed E-state index contributed by atoms with van der Waals surface area (Å²) in [6, 6.07) is 0.328. The summed E-state index contributed by atoms with van der Waals surface area (Å²) in [5, 5.41) is 3.24. The van der Waals surface area contributed by atoms with Gasteiger partial charge in [0.1, 0.15) is 0 Å². The lowest BCUT2D eigenvalue weighted by Gasteiger charge is -2.31. The Morgan fingerprint density at radius 3 is 2.50 bits per heavy atom. The second kappa shape index (κ2) is 6.02. The highest BCUT2D eigenvalue weighted by atomic mass is 16.2. The minimum absolute atomic E-state index is 0.215. The third kappa shape index (κ3) is 3.04. The van der Waals surface area contributed by atoms with E-state index in [0.717, 1.165) is 45.2 Å². The van der Waals surface area contributed by atoms with E-state index in [1.54, 1.807) is 0 Å². The molecule has 0 spiro atoms. The molecule has 2 fully saturated rings. The van der Waals surface area contributed by atoms with Crippen LogP contribution < -0.4 is 11.1 Å². The van der Waals surface area contributed by atoms with Crippen molar-refractivity contribution in [1.82, 2.24) is 10.2 Å². The summed E-state index contributed by atoms with van der Waals surface area (Å²) < 4.78 is 0. The Hall–Kier alpha value is -0.610. The molecule has 1 aliphatic carbocycles. The Morgan fingerprint density at radius 2 is 2.00 bits per heavy atom. The fraction of sp³-hybridized carbons (Fsp3) is 0.929. The summed E-state index contributed by atoms with van der Waals surface area (Å²) in [5.41, 5.74) is 5.66. The van der Waals surface area contributed by atoms with E-state index in [1.165, 1.54) is 12.8 Å².